The van der Waals surface area contributed by atoms with E-state index >= 15 is 0 Å². The summed E-state index contributed by atoms with van der Waals surface area (Å²) in [7, 11) is 0. The van der Waals surface area contributed by atoms with Crippen LogP contribution in [0.2, 0.25) is 0 Å². The Hall–Kier alpha value is -1.89. The highest BCUT2D eigenvalue weighted by molar-refractivity contribution is 7.10. The van der Waals surface area contributed by atoms with Gasteiger partial charge in [-0.2, -0.15) is 0 Å². The van der Waals surface area contributed by atoms with Crippen LogP contribution in [0.25, 0.3) is 0 Å². The van der Waals surface area contributed by atoms with Crippen molar-refractivity contribution in [1.29, 1.82) is 0 Å². The van der Waals surface area contributed by atoms with Crippen molar-refractivity contribution >= 4 is 29.1 Å². The molecule has 0 spiro atoms. The molecule has 2 amide bonds. The van der Waals surface area contributed by atoms with E-state index < -0.39 is 18.1 Å². The van der Waals surface area contributed by atoms with Gasteiger partial charge in [-0.15, -0.1) is 11.3 Å². The maximum absolute atomic E-state index is 12.1. The molecule has 0 bridgehead atoms. The van der Waals surface area contributed by atoms with Crippen LogP contribution in [0.4, 0.5) is 0 Å². The predicted molar refractivity (Wildman–Crippen MR) is 84.5 cm³/mol. The van der Waals surface area contributed by atoms with Crippen LogP contribution in [-0.2, 0) is 14.4 Å². The lowest BCUT2D eigenvalue weighted by molar-refractivity contribution is -0.142. The fourth-order valence-electron chi connectivity index (χ4n) is 2.09. The zero-order chi connectivity index (χ0) is 16.7. The Bertz CT molecular complexity index is 514. The van der Waals surface area contributed by atoms with Gasteiger partial charge < -0.3 is 15.7 Å². The van der Waals surface area contributed by atoms with Crippen molar-refractivity contribution in [3.63, 3.8) is 0 Å². The third-order valence-corrected chi connectivity index (χ3v) is 3.98. The van der Waals surface area contributed by atoms with Crippen LogP contribution in [0.5, 0.6) is 0 Å². The van der Waals surface area contributed by atoms with E-state index in [2.05, 4.69) is 10.6 Å². The van der Waals surface area contributed by atoms with E-state index in [9.17, 15) is 14.4 Å². The fraction of sp³-hybridized carbons (Fsp3) is 0.533. The summed E-state index contributed by atoms with van der Waals surface area (Å²) in [6.45, 7) is 5.18. The monoisotopic (exact) mass is 326 g/mol. The maximum Gasteiger partial charge on any atom is 0.326 e. The summed E-state index contributed by atoms with van der Waals surface area (Å²) in [5, 5.41) is 16.3. The first-order chi connectivity index (χ1) is 10.3. The molecule has 22 heavy (non-hydrogen) atoms. The van der Waals surface area contributed by atoms with Crippen molar-refractivity contribution < 1.29 is 19.5 Å². The summed E-state index contributed by atoms with van der Waals surface area (Å²) < 4.78 is 0. The lowest BCUT2D eigenvalue weighted by Crippen LogP contribution is -2.43. The first-order valence-corrected chi connectivity index (χ1v) is 8.00. The molecule has 0 fully saturated rings. The summed E-state index contributed by atoms with van der Waals surface area (Å²) >= 11 is 1.44. The third kappa shape index (κ3) is 6.26. The molecule has 0 aliphatic heterocycles. The van der Waals surface area contributed by atoms with Gasteiger partial charge in [0.15, 0.2) is 0 Å². The average Bonchev–Trinajstić information content (AvgIpc) is 2.89. The second-order valence-electron chi connectivity index (χ2n) is 5.56. The molecule has 6 nitrogen and oxygen atoms in total. The number of carboxylic acids is 1. The van der Waals surface area contributed by atoms with E-state index in [1.807, 2.05) is 31.4 Å². The molecule has 1 aromatic heterocycles. The van der Waals surface area contributed by atoms with Gasteiger partial charge >= 0.3 is 5.97 Å². The Labute approximate surface area is 133 Å². The molecule has 1 heterocycles. The second-order valence-corrected chi connectivity index (χ2v) is 6.54. The Morgan fingerprint density at radius 1 is 1.27 bits per heavy atom. The van der Waals surface area contributed by atoms with E-state index in [0.29, 0.717) is 6.42 Å². The normalized spacial score (nSPS) is 13.5. The molecule has 1 aromatic rings. The Morgan fingerprint density at radius 2 is 1.95 bits per heavy atom. The smallest absolute Gasteiger partial charge is 0.326 e. The van der Waals surface area contributed by atoms with Gasteiger partial charge in [-0.25, -0.2) is 4.79 Å². The highest BCUT2D eigenvalue weighted by Crippen LogP contribution is 2.22. The van der Waals surface area contributed by atoms with E-state index in [-0.39, 0.29) is 24.2 Å². The molecule has 7 heteroatoms. The van der Waals surface area contributed by atoms with E-state index in [4.69, 9.17) is 5.11 Å². The zero-order valence-corrected chi connectivity index (χ0v) is 13.8. The minimum Gasteiger partial charge on any atom is -0.480 e. The number of thiophene rings is 1. The van der Waals surface area contributed by atoms with E-state index in [1.54, 1.807) is 0 Å². The van der Waals surface area contributed by atoms with Crippen LogP contribution in [0.3, 0.4) is 0 Å². The van der Waals surface area contributed by atoms with Gasteiger partial charge in [-0.3, -0.25) is 9.59 Å². The fourth-order valence-corrected chi connectivity index (χ4v) is 2.87. The average molecular weight is 326 g/mol. The van der Waals surface area contributed by atoms with Crippen LogP contribution >= 0.6 is 11.3 Å². The molecule has 1 rings (SSSR count). The number of carboxylic acid groups (broad SMARTS) is 1. The largest absolute Gasteiger partial charge is 0.480 e. The van der Waals surface area contributed by atoms with E-state index in [1.165, 1.54) is 18.3 Å². The van der Waals surface area contributed by atoms with Crippen LogP contribution in [-0.4, -0.2) is 28.9 Å². The summed E-state index contributed by atoms with van der Waals surface area (Å²) in [6, 6.07) is 2.33. The summed E-state index contributed by atoms with van der Waals surface area (Å²) in [5.41, 5.74) is 0. The minimum absolute atomic E-state index is 0.0158. The Morgan fingerprint density at radius 3 is 2.41 bits per heavy atom. The standard InChI is InChI=1S/C15H22N2O4S/c1-9(2)7-12(15(20)21)17-14(19)8-11(16-10(3)18)13-5-4-6-22-13/h4-6,9,11-12H,7-8H2,1-3H3,(H,16,18)(H,17,19)(H,20,21)/t11?,12-/m1/s1. The SMILES string of the molecule is CC(=O)NC(CC(=O)N[C@H](CC(C)C)C(=O)O)c1cccs1. The summed E-state index contributed by atoms with van der Waals surface area (Å²) in [5.74, 6) is -1.51. The minimum atomic E-state index is -1.05. The number of aliphatic carboxylic acids is 1. The highest BCUT2D eigenvalue weighted by atomic mass is 32.1. The Balaban J connectivity index is 2.70. The molecular weight excluding hydrogens is 304 g/mol. The van der Waals surface area contributed by atoms with Gasteiger partial charge in [0, 0.05) is 11.8 Å². The predicted octanol–water partition coefficient (Wildman–Crippen LogP) is 1.93. The molecule has 0 aromatic carbocycles. The summed E-state index contributed by atoms with van der Waals surface area (Å²) in [4.78, 5) is 35.4. The first kappa shape index (κ1) is 18.2. The molecule has 0 saturated carbocycles. The van der Waals surface area contributed by atoms with Gasteiger partial charge in [0.25, 0.3) is 0 Å². The van der Waals surface area contributed by atoms with Crippen molar-refractivity contribution in [3.05, 3.63) is 22.4 Å². The van der Waals surface area contributed by atoms with Gasteiger partial charge in [0.05, 0.1) is 12.5 Å². The van der Waals surface area contributed by atoms with Crippen molar-refractivity contribution in [1.82, 2.24) is 10.6 Å². The van der Waals surface area contributed by atoms with E-state index in [0.717, 1.165) is 4.88 Å². The molecule has 0 aliphatic carbocycles. The number of hydrogen-bond donors (Lipinski definition) is 3. The van der Waals surface area contributed by atoms with Crippen molar-refractivity contribution in [2.75, 3.05) is 0 Å². The molecular formula is C15H22N2O4S. The van der Waals surface area contributed by atoms with Crippen LogP contribution in [0.15, 0.2) is 17.5 Å². The van der Waals surface area contributed by atoms with Gasteiger partial charge in [-0.05, 0) is 23.8 Å². The van der Waals surface area contributed by atoms with Crippen LogP contribution < -0.4 is 10.6 Å². The van der Waals surface area contributed by atoms with Gasteiger partial charge in [-0.1, -0.05) is 19.9 Å². The summed E-state index contributed by atoms with van der Waals surface area (Å²) in [6.07, 6.45) is 0.382. The topological polar surface area (TPSA) is 95.5 Å². The number of carbonyl (C=O) groups is 3. The number of rotatable bonds is 8. The number of nitrogens with one attached hydrogen (secondary N) is 2. The zero-order valence-electron chi connectivity index (χ0n) is 13.0. The third-order valence-electron chi connectivity index (χ3n) is 2.99. The Kier molecular flexibility index (Phi) is 7.04. The van der Waals surface area contributed by atoms with Crippen molar-refractivity contribution in [2.24, 2.45) is 5.92 Å². The molecule has 3 N–H and O–H groups in total. The molecule has 2 atom stereocenters. The quantitative estimate of drug-likeness (QED) is 0.680. The lowest BCUT2D eigenvalue weighted by atomic mass is 10.0. The first-order valence-electron chi connectivity index (χ1n) is 7.12. The molecule has 0 radical (unpaired) electrons. The molecule has 1 unspecified atom stereocenters. The van der Waals surface area contributed by atoms with Crippen molar-refractivity contribution in [2.45, 2.75) is 45.7 Å². The van der Waals surface area contributed by atoms with Crippen LogP contribution in [0.1, 0.15) is 44.5 Å². The number of amides is 2. The van der Waals surface area contributed by atoms with Crippen molar-refractivity contribution in [3.8, 4) is 0 Å². The lowest BCUT2D eigenvalue weighted by Gasteiger charge is -2.20. The highest BCUT2D eigenvalue weighted by Gasteiger charge is 2.24. The molecule has 0 saturated heterocycles. The second kappa shape index (κ2) is 8.53. The van der Waals surface area contributed by atoms with Gasteiger partial charge in [0.2, 0.25) is 11.8 Å². The number of hydrogen-bond acceptors (Lipinski definition) is 4. The number of carbonyl (C=O) groups excluding carboxylic acids is 2. The van der Waals surface area contributed by atoms with Crippen LogP contribution in [0, 0.1) is 5.92 Å². The maximum atomic E-state index is 12.1. The molecule has 122 valence electrons. The molecule has 0 aliphatic rings. The van der Waals surface area contributed by atoms with Gasteiger partial charge in [0.1, 0.15) is 6.04 Å².